The van der Waals surface area contributed by atoms with Gasteiger partial charge in [-0.1, -0.05) is 0 Å². The maximum Gasteiger partial charge on any atom is 0.355 e. The van der Waals surface area contributed by atoms with Crippen molar-refractivity contribution >= 4 is 33.1 Å². The van der Waals surface area contributed by atoms with E-state index >= 15 is 0 Å². The quantitative estimate of drug-likeness (QED) is 0.821. The predicted molar refractivity (Wildman–Crippen MR) is 68.2 cm³/mol. The predicted octanol–water partition coefficient (Wildman–Crippen LogP) is 0.148. The topological polar surface area (TPSA) is 113 Å². The second-order valence-electron chi connectivity index (χ2n) is 4.24. The van der Waals surface area contributed by atoms with Gasteiger partial charge in [0.15, 0.2) is 10.7 Å². The van der Waals surface area contributed by atoms with Crippen LogP contribution in [0.3, 0.4) is 0 Å². The molecule has 1 aliphatic heterocycles. The summed E-state index contributed by atoms with van der Waals surface area (Å²) in [7, 11) is -2.97. The minimum Gasteiger partial charge on any atom is -0.476 e. The zero-order valence-electron chi connectivity index (χ0n) is 9.83. The molecule has 19 heavy (non-hydrogen) atoms. The van der Waals surface area contributed by atoms with Gasteiger partial charge in [-0.05, 0) is 12.8 Å². The number of amides is 1. The standard InChI is InChI=1S/C10H12N2O5S2/c13-8(9-12-7(5-18-9)10(14)15)11-6-1-3-19(16,17)4-2-6/h5-6H,1-4H2,(H,11,13)(H,14,15). The second-order valence-corrected chi connectivity index (χ2v) is 7.40. The Hall–Kier alpha value is -1.48. The van der Waals surface area contributed by atoms with Crippen LogP contribution in [0.2, 0.25) is 0 Å². The first-order valence-electron chi connectivity index (χ1n) is 5.57. The highest BCUT2D eigenvalue weighted by Crippen LogP contribution is 2.14. The monoisotopic (exact) mass is 304 g/mol. The normalized spacial score (nSPS) is 18.9. The summed E-state index contributed by atoms with van der Waals surface area (Å²) in [6.45, 7) is 0. The summed E-state index contributed by atoms with van der Waals surface area (Å²) >= 11 is 0.952. The summed E-state index contributed by atoms with van der Waals surface area (Å²) in [6, 6.07) is -0.201. The van der Waals surface area contributed by atoms with Crippen molar-refractivity contribution in [2.75, 3.05) is 11.5 Å². The number of aromatic nitrogens is 1. The van der Waals surface area contributed by atoms with E-state index in [-0.39, 0.29) is 28.2 Å². The first-order valence-corrected chi connectivity index (χ1v) is 8.27. The van der Waals surface area contributed by atoms with Crippen LogP contribution in [0.25, 0.3) is 0 Å². The van der Waals surface area contributed by atoms with Gasteiger partial charge < -0.3 is 10.4 Å². The Bertz CT molecular complexity index is 593. The molecule has 0 aliphatic carbocycles. The first-order chi connectivity index (χ1) is 8.87. The third-order valence-electron chi connectivity index (χ3n) is 2.81. The molecule has 1 saturated heterocycles. The highest BCUT2D eigenvalue weighted by molar-refractivity contribution is 7.91. The van der Waals surface area contributed by atoms with Crippen LogP contribution in [0, 0.1) is 0 Å². The van der Waals surface area contributed by atoms with Crippen LogP contribution in [0.1, 0.15) is 33.1 Å². The van der Waals surface area contributed by atoms with Gasteiger partial charge in [-0.2, -0.15) is 0 Å². The summed E-state index contributed by atoms with van der Waals surface area (Å²) in [4.78, 5) is 26.1. The Morgan fingerprint density at radius 2 is 2.00 bits per heavy atom. The molecule has 1 aromatic heterocycles. The van der Waals surface area contributed by atoms with E-state index in [0.717, 1.165) is 11.3 Å². The van der Waals surface area contributed by atoms with Gasteiger partial charge in [-0.25, -0.2) is 18.2 Å². The SMILES string of the molecule is O=C(O)c1csc(C(=O)NC2CCS(=O)(=O)CC2)n1. The summed E-state index contributed by atoms with van der Waals surface area (Å²) in [5.74, 6) is -1.51. The number of carboxylic acids is 1. The summed E-state index contributed by atoms with van der Waals surface area (Å²) in [6.07, 6.45) is 0.760. The minimum absolute atomic E-state index is 0.0657. The van der Waals surface area contributed by atoms with E-state index in [1.807, 2.05) is 0 Å². The van der Waals surface area contributed by atoms with Gasteiger partial charge in [0.25, 0.3) is 5.91 Å². The molecule has 2 rings (SSSR count). The van der Waals surface area contributed by atoms with Crippen molar-refractivity contribution < 1.29 is 23.1 Å². The maximum atomic E-state index is 11.8. The molecule has 0 atom stereocenters. The van der Waals surface area contributed by atoms with Crippen molar-refractivity contribution in [2.45, 2.75) is 18.9 Å². The lowest BCUT2D eigenvalue weighted by molar-refractivity contribution is 0.0691. The number of aromatic carboxylic acids is 1. The van der Waals surface area contributed by atoms with Gasteiger partial charge in [-0.3, -0.25) is 4.79 Å². The Morgan fingerprint density at radius 3 is 2.53 bits per heavy atom. The molecule has 2 N–H and O–H groups in total. The molecule has 2 heterocycles. The number of carbonyl (C=O) groups is 2. The van der Waals surface area contributed by atoms with E-state index in [9.17, 15) is 18.0 Å². The van der Waals surface area contributed by atoms with Gasteiger partial charge in [0.05, 0.1) is 11.5 Å². The number of hydrogen-bond donors (Lipinski definition) is 2. The van der Waals surface area contributed by atoms with Crippen LogP contribution in [-0.4, -0.2) is 47.9 Å². The van der Waals surface area contributed by atoms with E-state index in [4.69, 9.17) is 5.11 Å². The highest BCUT2D eigenvalue weighted by Gasteiger charge is 2.25. The Kier molecular flexibility index (Phi) is 3.85. The van der Waals surface area contributed by atoms with Crippen molar-refractivity contribution in [1.29, 1.82) is 0 Å². The van der Waals surface area contributed by atoms with Crippen LogP contribution in [-0.2, 0) is 9.84 Å². The fourth-order valence-electron chi connectivity index (χ4n) is 1.76. The molecule has 1 aromatic rings. The van der Waals surface area contributed by atoms with Crippen molar-refractivity contribution in [2.24, 2.45) is 0 Å². The summed E-state index contributed by atoms with van der Waals surface area (Å²) in [5.41, 5.74) is -0.165. The number of sulfone groups is 1. The number of thiazole rings is 1. The summed E-state index contributed by atoms with van der Waals surface area (Å²) < 4.78 is 22.5. The fourth-order valence-corrected chi connectivity index (χ4v) is 3.94. The van der Waals surface area contributed by atoms with E-state index in [0.29, 0.717) is 12.8 Å². The highest BCUT2D eigenvalue weighted by atomic mass is 32.2. The molecule has 1 aliphatic rings. The molecule has 0 bridgehead atoms. The molecule has 0 saturated carbocycles. The lowest BCUT2D eigenvalue weighted by Gasteiger charge is -2.22. The minimum atomic E-state index is -2.97. The van der Waals surface area contributed by atoms with Crippen molar-refractivity contribution in [1.82, 2.24) is 10.3 Å². The van der Waals surface area contributed by atoms with Crippen LogP contribution < -0.4 is 5.32 Å². The number of hydrogen-bond acceptors (Lipinski definition) is 6. The Balaban J connectivity index is 1.96. The molecule has 1 amide bonds. The van der Waals surface area contributed by atoms with Gasteiger partial charge in [0, 0.05) is 11.4 Å². The molecule has 9 heteroatoms. The van der Waals surface area contributed by atoms with Crippen molar-refractivity contribution in [3.8, 4) is 0 Å². The zero-order chi connectivity index (χ0) is 14.0. The fraction of sp³-hybridized carbons (Fsp3) is 0.500. The van der Waals surface area contributed by atoms with Gasteiger partial charge in [-0.15, -0.1) is 11.3 Å². The van der Waals surface area contributed by atoms with Gasteiger partial charge in [0.2, 0.25) is 0 Å². The average Bonchev–Trinajstić information content (AvgIpc) is 2.81. The van der Waals surface area contributed by atoms with E-state index in [1.54, 1.807) is 0 Å². The van der Waals surface area contributed by atoms with Crippen LogP contribution >= 0.6 is 11.3 Å². The van der Waals surface area contributed by atoms with E-state index in [1.165, 1.54) is 5.38 Å². The number of carbonyl (C=O) groups excluding carboxylic acids is 1. The van der Waals surface area contributed by atoms with Gasteiger partial charge >= 0.3 is 5.97 Å². The largest absolute Gasteiger partial charge is 0.476 e. The summed E-state index contributed by atoms with van der Waals surface area (Å²) in [5, 5.41) is 12.8. The van der Waals surface area contributed by atoms with Crippen molar-refractivity contribution in [3.05, 3.63) is 16.1 Å². The molecular weight excluding hydrogens is 292 g/mol. The molecule has 104 valence electrons. The smallest absolute Gasteiger partial charge is 0.355 e. The second kappa shape index (κ2) is 5.25. The number of carboxylic acid groups (broad SMARTS) is 1. The molecule has 0 radical (unpaired) electrons. The maximum absolute atomic E-state index is 11.8. The Morgan fingerprint density at radius 1 is 1.37 bits per heavy atom. The molecular formula is C10H12N2O5S2. The number of nitrogens with zero attached hydrogens (tertiary/aromatic N) is 1. The third-order valence-corrected chi connectivity index (χ3v) is 5.36. The number of nitrogens with one attached hydrogen (secondary N) is 1. The Labute approximate surface area is 113 Å². The van der Waals surface area contributed by atoms with Crippen LogP contribution in [0.4, 0.5) is 0 Å². The lowest BCUT2D eigenvalue weighted by atomic mass is 10.1. The van der Waals surface area contributed by atoms with E-state index in [2.05, 4.69) is 10.3 Å². The molecule has 1 fully saturated rings. The molecule has 0 unspecified atom stereocenters. The van der Waals surface area contributed by atoms with E-state index < -0.39 is 21.7 Å². The zero-order valence-corrected chi connectivity index (χ0v) is 11.5. The molecule has 0 aromatic carbocycles. The average molecular weight is 304 g/mol. The van der Waals surface area contributed by atoms with Gasteiger partial charge in [0.1, 0.15) is 9.84 Å². The molecule has 7 nitrogen and oxygen atoms in total. The molecule has 0 spiro atoms. The first kappa shape index (κ1) is 13.9. The van der Waals surface area contributed by atoms with Crippen LogP contribution in [0.5, 0.6) is 0 Å². The third kappa shape index (κ3) is 3.51. The van der Waals surface area contributed by atoms with Crippen molar-refractivity contribution in [3.63, 3.8) is 0 Å². The van der Waals surface area contributed by atoms with Crippen LogP contribution in [0.15, 0.2) is 5.38 Å². The lowest BCUT2D eigenvalue weighted by Crippen LogP contribution is -2.40. The number of rotatable bonds is 3.